The standard InChI is InChI=1S/C44H65NO14/c1-22(2)14-17-30(56-38(45-40(50)58-41(6,7)8)27-16-15-26(52-12)18-31(27)53-13)39(49)57-35-23(3)34-36(55-25(5)46)37(48)43(11)29(28-21-54-32(28)19-33(43)47)20-44(59-51,24(35)4)42(34,9)10/h15-16,18,22,24,28-30,32-33,35-36,38,47,51H,14,17,19-21H2,1-13H3,(H,45,50)/t24-,28-,29+,30+,32+,33-,35+,36+,38?,43-,44?/m0/s1. The molecule has 11 atom stereocenters. The van der Waals surface area contributed by atoms with E-state index in [9.17, 15) is 29.5 Å². The molecule has 1 aromatic carbocycles. The SMILES string of the molecule is COc1ccc(C(NC(=O)OC(C)(C)C)O[C@H](CCC(C)C)C(=O)O[C@@H]2C(C)=C3[C@@H](OC(C)=O)C(=O)[C@@]4(C)[C@H](CC(OO)([C@H]2C)C3(C)C)[C@@H]2CO[C@@H]2C[C@@H]4O)c(OC)c1. The first-order chi connectivity index (χ1) is 27.5. The van der Waals surface area contributed by atoms with Crippen LogP contribution < -0.4 is 14.8 Å². The molecule has 1 aromatic rings. The lowest BCUT2D eigenvalue weighted by atomic mass is 9.45. The molecule has 330 valence electrons. The van der Waals surface area contributed by atoms with Crippen LogP contribution in [0, 0.1) is 34.5 Å². The third kappa shape index (κ3) is 8.59. The van der Waals surface area contributed by atoms with E-state index in [0.717, 1.165) is 0 Å². The summed E-state index contributed by atoms with van der Waals surface area (Å²) in [5, 5.41) is 25.6. The summed E-state index contributed by atoms with van der Waals surface area (Å²) in [7, 11) is 2.96. The summed E-state index contributed by atoms with van der Waals surface area (Å²) < 4.78 is 41.4. The van der Waals surface area contributed by atoms with Crippen LogP contribution in [0.4, 0.5) is 4.79 Å². The van der Waals surface area contributed by atoms with Gasteiger partial charge in [-0.1, -0.05) is 34.6 Å². The number of aliphatic hydroxyl groups is 1. The second-order valence-corrected chi connectivity index (χ2v) is 18.8. The average molecular weight is 832 g/mol. The van der Waals surface area contributed by atoms with E-state index >= 15 is 0 Å². The maximum atomic E-state index is 15.0. The van der Waals surface area contributed by atoms with Gasteiger partial charge in [0.25, 0.3) is 0 Å². The van der Waals surface area contributed by atoms with Crippen LogP contribution in [-0.4, -0.2) is 96.7 Å². The predicted octanol–water partition coefficient (Wildman–Crippen LogP) is 6.49. The van der Waals surface area contributed by atoms with Crippen molar-refractivity contribution in [2.75, 3.05) is 20.8 Å². The molecule has 5 rings (SSSR count). The molecular formula is C44H65NO14. The molecule has 2 unspecified atom stereocenters. The Kier molecular flexibility index (Phi) is 13.6. The number of carbonyl (C=O) groups is 4. The zero-order chi connectivity index (χ0) is 44.0. The van der Waals surface area contributed by atoms with Crippen molar-refractivity contribution in [1.29, 1.82) is 0 Å². The average Bonchev–Trinajstić information content (AvgIpc) is 3.14. The summed E-state index contributed by atoms with van der Waals surface area (Å²) in [5.41, 5.74) is -3.82. The van der Waals surface area contributed by atoms with Gasteiger partial charge in [0.15, 0.2) is 24.2 Å². The summed E-state index contributed by atoms with van der Waals surface area (Å²) in [4.78, 5) is 61.5. The van der Waals surface area contributed by atoms with Crippen molar-refractivity contribution in [3.63, 3.8) is 0 Å². The van der Waals surface area contributed by atoms with Crippen LogP contribution >= 0.6 is 0 Å². The van der Waals surface area contributed by atoms with E-state index in [4.69, 9.17) is 38.0 Å². The van der Waals surface area contributed by atoms with E-state index in [-0.39, 0.29) is 37.2 Å². The summed E-state index contributed by atoms with van der Waals surface area (Å²) in [6.45, 7) is 19.6. The number of amides is 1. The third-order valence-corrected chi connectivity index (χ3v) is 13.4. The number of ketones is 1. The molecule has 0 spiro atoms. The maximum Gasteiger partial charge on any atom is 0.409 e. The smallest absolute Gasteiger partial charge is 0.409 e. The normalized spacial score (nSPS) is 32.3. The first kappa shape index (κ1) is 46.3. The van der Waals surface area contributed by atoms with Crippen LogP contribution in [0.5, 0.6) is 11.5 Å². The molecule has 3 fully saturated rings. The number of alkyl carbamates (subject to hydrolysis) is 1. The number of hydrogen-bond acceptors (Lipinski definition) is 14. The van der Waals surface area contributed by atoms with Crippen LogP contribution in [0.1, 0.15) is 114 Å². The fourth-order valence-corrected chi connectivity index (χ4v) is 10.0. The van der Waals surface area contributed by atoms with Crippen LogP contribution in [0.2, 0.25) is 0 Å². The highest BCUT2D eigenvalue weighted by molar-refractivity contribution is 5.94. The number of methoxy groups -OCH3 is 2. The first-order valence-electron chi connectivity index (χ1n) is 20.6. The molecule has 1 aliphatic heterocycles. The Morgan fingerprint density at radius 2 is 1.73 bits per heavy atom. The van der Waals surface area contributed by atoms with Gasteiger partial charge in [0.2, 0.25) is 0 Å². The van der Waals surface area contributed by atoms with Gasteiger partial charge in [0.05, 0.1) is 38.4 Å². The number of Topliss-reactive ketones (excluding diaryl/α,β-unsaturated/α-hetero) is 1. The van der Waals surface area contributed by atoms with E-state index in [1.54, 1.807) is 52.8 Å². The van der Waals surface area contributed by atoms with Gasteiger partial charge in [-0.2, -0.15) is 0 Å². The predicted molar refractivity (Wildman–Crippen MR) is 213 cm³/mol. The summed E-state index contributed by atoms with van der Waals surface area (Å²) in [5.74, 6) is -2.53. The molecule has 3 aliphatic carbocycles. The Labute approximate surface area is 347 Å². The summed E-state index contributed by atoms with van der Waals surface area (Å²) in [6, 6.07) is 4.94. The van der Waals surface area contributed by atoms with Gasteiger partial charge in [-0.3, -0.25) is 20.2 Å². The number of ether oxygens (including phenoxy) is 7. The Morgan fingerprint density at radius 1 is 1.05 bits per heavy atom. The van der Waals surface area contributed by atoms with Gasteiger partial charge < -0.3 is 38.3 Å². The molecule has 2 saturated carbocycles. The minimum absolute atomic E-state index is 0.0888. The van der Waals surface area contributed by atoms with E-state index in [0.29, 0.717) is 41.2 Å². The molecule has 1 heterocycles. The minimum atomic E-state index is -1.53. The Bertz CT molecular complexity index is 1780. The number of aliphatic hydroxyl groups excluding tert-OH is 1. The monoisotopic (exact) mass is 831 g/mol. The molecule has 0 radical (unpaired) electrons. The van der Waals surface area contributed by atoms with Gasteiger partial charge in [-0.05, 0) is 89.0 Å². The second kappa shape index (κ2) is 17.3. The van der Waals surface area contributed by atoms with E-state index in [1.165, 1.54) is 21.1 Å². The van der Waals surface area contributed by atoms with Crippen molar-refractivity contribution in [3.05, 3.63) is 34.9 Å². The van der Waals surface area contributed by atoms with Crippen LogP contribution in [0.3, 0.4) is 0 Å². The Balaban J connectivity index is 1.61. The Hall–Kier alpha value is -3.76. The van der Waals surface area contributed by atoms with Crippen molar-refractivity contribution >= 4 is 23.8 Å². The minimum Gasteiger partial charge on any atom is -0.497 e. The number of esters is 2. The number of benzene rings is 1. The largest absolute Gasteiger partial charge is 0.497 e. The quantitative estimate of drug-likeness (QED) is 0.0488. The van der Waals surface area contributed by atoms with Gasteiger partial charge in [-0.25, -0.2) is 14.5 Å². The topological polar surface area (TPSA) is 195 Å². The van der Waals surface area contributed by atoms with Crippen molar-refractivity contribution in [2.24, 2.45) is 34.5 Å². The Morgan fingerprint density at radius 3 is 2.27 bits per heavy atom. The second-order valence-electron chi connectivity index (χ2n) is 18.8. The number of hydrogen-bond donors (Lipinski definition) is 3. The molecule has 15 nitrogen and oxygen atoms in total. The highest BCUT2D eigenvalue weighted by Crippen LogP contribution is 2.64. The molecule has 4 aliphatic rings. The van der Waals surface area contributed by atoms with E-state index in [1.807, 2.05) is 34.6 Å². The van der Waals surface area contributed by atoms with Crippen LogP contribution in [0.25, 0.3) is 0 Å². The zero-order valence-corrected chi connectivity index (χ0v) is 36.8. The maximum absolute atomic E-state index is 15.0. The lowest BCUT2D eigenvalue weighted by Gasteiger charge is -2.64. The van der Waals surface area contributed by atoms with Crippen molar-refractivity contribution in [3.8, 4) is 11.5 Å². The van der Waals surface area contributed by atoms with Gasteiger partial charge in [0, 0.05) is 42.2 Å². The molecule has 3 N–H and O–H groups in total. The molecular weight excluding hydrogens is 766 g/mol. The van der Waals surface area contributed by atoms with E-state index < -0.39 is 88.3 Å². The molecule has 0 aromatic heterocycles. The van der Waals surface area contributed by atoms with Gasteiger partial charge >= 0.3 is 18.0 Å². The molecule has 1 saturated heterocycles. The van der Waals surface area contributed by atoms with Crippen molar-refractivity contribution in [2.45, 2.75) is 150 Å². The fourth-order valence-electron chi connectivity index (χ4n) is 10.0. The zero-order valence-electron chi connectivity index (χ0n) is 36.8. The van der Waals surface area contributed by atoms with Gasteiger partial charge in [-0.15, -0.1) is 0 Å². The van der Waals surface area contributed by atoms with Gasteiger partial charge in [0.1, 0.15) is 28.8 Å². The van der Waals surface area contributed by atoms with E-state index in [2.05, 4.69) is 5.32 Å². The summed E-state index contributed by atoms with van der Waals surface area (Å²) >= 11 is 0. The van der Waals surface area contributed by atoms with Crippen molar-refractivity contribution < 1.29 is 67.6 Å². The number of nitrogens with one attached hydrogen (secondary N) is 1. The fraction of sp³-hybridized carbons (Fsp3) is 0.727. The number of rotatable bonds is 13. The van der Waals surface area contributed by atoms with Crippen LogP contribution in [0.15, 0.2) is 29.3 Å². The first-order valence-corrected chi connectivity index (χ1v) is 20.6. The molecule has 1 amide bonds. The van der Waals surface area contributed by atoms with Crippen LogP contribution in [-0.2, 0) is 43.0 Å². The number of fused-ring (bicyclic) bond motifs is 5. The third-order valence-electron chi connectivity index (χ3n) is 13.4. The highest BCUT2D eigenvalue weighted by atomic mass is 17.1. The lowest BCUT2D eigenvalue weighted by Crippen LogP contribution is -2.71. The van der Waals surface area contributed by atoms with Crippen molar-refractivity contribution in [1.82, 2.24) is 5.32 Å². The molecule has 59 heavy (non-hydrogen) atoms. The lowest BCUT2D eigenvalue weighted by molar-refractivity contribution is -0.381. The number of carbonyl (C=O) groups excluding carboxylic acids is 4. The molecule has 2 bridgehead atoms. The highest BCUT2D eigenvalue weighted by Gasteiger charge is 2.70. The molecule has 15 heteroatoms. The summed E-state index contributed by atoms with van der Waals surface area (Å²) in [6.07, 6.45) is -6.36.